The van der Waals surface area contributed by atoms with Gasteiger partial charge in [-0.2, -0.15) is 5.26 Å². The molecule has 0 aliphatic carbocycles. The van der Waals surface area contributed by atoms with E-state index in [9.17, 15) is 10.1 Å². The first-order valence-corrected chi connectivity index (χ1v) is 9.43. The third-order valence-corrected chi connectivity index (χ3v) is 4.41. The van der Waals surface area contributed by atoms with Crippen LogP contribution in [0.3, 0.4) is 0 Å². The smallest absolute Gasteiger partial charge is 0.266 e. The van der Waals surface area contributed by atoms with E-state index >= 15 is 0 Å². The van der Waals surface area contributed by atoms with Crippen LogP contribution in [0.15, 0.2) is 78.4 Å². The van der Waals surface area contributed by atoms with Gasteiger partial charge in [0.15, 0.2) is 11.5 Å². The molecule has 5 heteroatoms. The van der Waals surface area contributed by atoms with E-state index in [4.69, 9.17) is 9.47 Å². The number of methoxy groups -OCH3 is 1. The Hall–Kier alpha value is -4.04. The first kappa shape index (κ1) is 20.7. The van der Waals surface area contributed by atoms with Crippen molar-refractivity contribution >= 4 is 17.7 Å². The summed E-state index contributed by atoms with van der Waals surface area (Å²) in [6.45, 7) is 2.34. The molecule has 5 nitrogen and oxygen atoms in total. The number of nitrogens with one attached hydrogen (secondary N) is 1. The first-order valence-electron chi connectivity index (χ1n) is 9.43. The number of rotatable bonds is 7. The van der Waals surface area contributed by atoms with Crippen LogP contribution >= 0.6 is 0 Å². The molecule has 0 atom stereocenters. The summed E-state index contributed by atoms with van der Waals surface area (Å²) < 4.78 is 11.3. The van der Waals surface area contributed by atoms with E-state index in [-0.39, 0.29) is 5.57 Å². The van der Waals surface area contributed by atoms with Gasteiger partial charge in [-0.3, -0.25) is 4.79 Å². The fraction of sp³-hybridized carbons (Fsp3) is 0.120. The first-order chi connectivity index (χ1) is 14.6. The molecule has 0 aromatic heterocycles. The molecule has 0 aliphatic rings. The Morgan fingerprint density at radius 2 is 1.77 bits per heavy atom. The van der Waals surface area contributed by atoms with Crippen molar-refractivity contribution in [1.29, 1.82) is 5.26 Å². The lowest BCUT2D eigenvalue weighted by molar-refractivity contribution is -0.112. The van der Waals surface area contributed by atoms with Crippen molar-refractivity contribution in [2.75, 3.05) is 12.4 Å². The van der Waals surface area contributed by atoms with Crippen molar-refractivity contribution in [3.63, 3.8) is 0 Å². The zero-order chi connectivity index (χ0) is 21.3. The lowest BCUT2D eigenvalue weighted by Gasteiger charge is -2.12. The standard InChI is InChI=1S/C25H22N2O3/c1-18-8-11-22(12-9-18)27-25(28)21(16-26)14-20-10-13-23(29-2)24(15-20)30-17-19-6-4-3-5-7-19/h3-15H,17H2,1-2H3,(H,27,28)/b21-14-. The minimum atomic E-state index is -0.469. The Kier molecular flexibility index (Phi) is 6.86. The largest absolute Gasteiger partial charge is 0.493 e. The highest BCUT2D eigenvalue weighted by Gasteiger charge is 2.11. The normalized spacial score (nSPS) is 10.8. The third kappa shape index (κ3) is 5.49. The molecule has 0 unspecified atom stereocenters. The van der Waals surface area contributed by atoms with Gasteiger partial charge < -0.3 is 14.8 Å². The lowest BCUT2D eigenvalue weighted by atomic mass is 10.1. The molecule has 0 saturated carbocycles. The quantitative estimate of drug-likeness (QED) is 0.442. The molecule has 0 bridgehead atoms. The molecule has 1 N–H and O–H groups in total. The number of carbonyl (C=O) groups excluding carboxylic acids is 1. The lowest BCUT2D eigenvalue weighted by Crippen LogP contribution is -2.13. The number of nitrogens with zero attached hydrogens (tertiary/aromatic N) is 1. The second-order valence-electron chi connectivity index (χ2n) is 6.67. The Morgan fingerprint density at radius 3 is 2.43 bits per heavy atom. The van der Waals surface area contributed by atoms with Crippen LogP contribution in [0.4, 0.5) is 5.69 Å². The summed E-state index contributed by atoms with van der Waals surface area (Å²) in [7, 11) is 1.57. The van der Waals surface area contributed by atoms with Gasteiger partial charge in [-0.1, -0.05) is 54.1 Å². The topological polar surface area (TPSA) is 71.3 Å². The summed E-state index contributed by atoms with van der Waals surface area (Å²) >= 11 is 0. The minimum Gasteiger partial charge on any atom is -0.493 e. The highest BCUT2D eigenvalue weighted by molar-refractivity contribution is 6.09. The average molecular weight is 398 g/mol. The Balaban J connectivity index is 1.78. The molecule has 1 amide bonds. The maximum atomic E-state index is 12.5. The second-order valence-corrected chi connectivity index (χ2v) is 6.67. The van der Waals surface area contributed by atoms with Gasteiger partial charge in [-0.05, 0) is 48.4 Å². The highest BCUT2D eigenvalue weighted by Crippen LogP contribution is 2.30. The average Bonchev–Trinajstić information content (AvgIpc) is 2.78. The fourth-order valence-electron chi connectivity index (χ4n) is 2.78. The van der Waals surface area contributed by atoms with E-state index in [2.05, 4.69) is 5.32 Å². The van der Waals surface area contributed by atoms with E-state index in [1.54, 1.807) is 37.4 Å². The van der Waals surface area contributed by atoms with Crippen molar-refractivity contribution in [1.82, 2.24) is 0 Å². The number of ether oxygens (including phenoxy) is 2. The number of amides is 1. The van der Waals surface area contributed by atoms with Gasteiger partial charge in [0, 0.05) is 5.69 Å². The van der Waals surface area contributed by atoms with Crippen LogP contribution in [-0.4, -0.2) is 13.0 Å². The highest BCUT2D eigenvalue weighted by atomic mass is 16.5. The molecular weight excluding hydrogens is 376 g/mol. The maximum absolute atomic E-state index is 12.5. The zero-order valence-electron chi connectivity index (χ0n) is 16.9. The minimum absolute atomic E-state index is 0.00486. The van der Waals surface area contributed by atoms with Crippen molar-refractivity contribution in [2.45, 2.75) is 13.5 Å². The number of carbonyl (C=O) groups is 1. The van der Waals surface area contributed by atoms with E-state index < -0.39 is 5.91 Å². The summed E-state index contributed by atoms with van der Waals surface area (Å²) in [5, 5.41) is 12.2. The fourth-order valence-corrected chi connectivity index (χ4v) is 2.78. The number of hydrogen-bond acceptors (Lipinski definition) is 4. The zero-order valence-corrected chi connectivity index (χ0v) is 16.9. The van der Waals surface area contributed by atoms with Gasteiger partial charge in [0.2, 0.25) is 0 Å². The van der Waals surface area contributed by atoms with Crippen LogP contribution < -0.4 is 14.8 Å². The molecule has 0 saturated heterocycles. The number of nitriles is 1. The van der Waals surface area contributed by atoms with Crippen molar-refractivity contribution in [3.8, 4) is 17.6 Å². The molecule has 30 heavy (non-hydrogen) atoms. The van der Waals surface area contributed by atoms with Crippen LogP contribution in [0.5, 0.6) is 11.5 Å². The van der Waals surface area contributed by atoms with Crippen LogP contribution in [0.25, 0.3) is 6.08 Å². The number of benzene rings is 3. The summed E-state index contributed by atoms with van der Waals surface area (Å²) in [5.74, 6) is 0.640. The van der Waals surface area contributed by atoms with E-state index in [1.807, 2.05) is 55.5 Å². The Labute approximate surface area is 176 Å². The third-order valence-electron chi connectivity index (χ3n) is 4.41. The molecule has 0 aliphatic heterocycles. The molecule has 0 radical (unpaired) electrons. The van der Waals surface area contributed by atoms with E-state index in [1.165, 1.54) is 6.08 Å². The van der Waals surface area contributed by atoms with Crippen LogP contribution in [0.1, 0.15) is 16.7 Å². The molecule has 3 rings (SSSR count). The molecule has 0 fully saturated rings. The summed E-state index contributed by atoms with van der Waals surface area (Å²) in [6, 6.07) is 24.4. The molecule has 150 valence electrons. The van der Waals surface area contributed by atoms with Crippen molar-refractivity contribution in [2.24, 2.45) is 0 Å². The molecule has 3 aromatic rings. The summed E-state index contributed by atoms with van der Waals surface area (Å²) in [5.41, 5.74) is 3.40. The van der Waals surface area contributed by atoms with Gasteiger partial charge in [0.05, 0.1) is 7.11 Å². The molecule has 0 spiro atoms. The summed E-state index contributed by atoms with van der Waals surface area (Å²) in [4.78, 5) is 12.5. The molecule has 0 heterocycles. The number of hydrogen-bond donors (Lipinski definition) is 1. The maximum Gasteiger partial charge on any atom is 0.266 e. The Bertz CT molecular complexity index is 1080. The molecular formula is C25H22N2O3. The Morgan fingerprint density at radius 1 is 1.03 bits per heavy atom. The second kappa shape index (κ2) is 9.94. The van der Waals surface area contributed by atoms with Gasteiger partial charge in [0.1, 0.15) is 18.2 Å². The van der Waals surface area contributed by atoms with Gasteiger partial charge in [-0.25, -0.2) is 0 Å². The van der Waals surface area contributed by atoms with Gasteiger partial charge >= 0.3 is 0 Å². The predicted octanol–water partition coefficient (Wildman–Crippen LogP) is 5.13. The SMILES string of the molecule is COc1ccc(/C=C(/C#N)C(=O)Nc2ccc(C)cc2)cc1OCc1ccccc1. The monoisotopic (exact) mass is 398 g/mol. The van der Waals surface area contributed by atoms with Crippen LogP contribution in [0.2, 0.25) is 0 Å². The van der Waals surface area contributed by atoms with Gasteiger partial charge in [-0.15, -0.1) is 0 Å². The van der Waals surface area contributed by atoms with Crippen molar-refractivity contribution < 1.29 is 14.3 Å². The van der Waals surface area contributed by atoms with Crippen molar-refractivity contribution in [3.05, 3.63) is 95.1 Å². The molecule has 3 aromatic carbocycles. The van der Waals surface area contributed by atoms with Gasteiger partial charge in [0.25, 0.3) is 5.91 Å². The summed E-state index contributed by atoms with van der Waals surface area (Å²) in [6.07, 6.45) is 1.53. The van der Waals surface area contributed by atoms with E-state index in [0.29, 0.717) is 29.4 Å². The van der Waals surface area contributed by atoms with Crippen LogP contribution in [-0.2, 0) is 11.4 Å². The number of aryl methyl sites for hydroxylation is 1. The predicted molar refractivity (Wildman–Crippen MR) is 117 cm³/mol. The number of anilines is 1. The van der Waals surface area contributed by atoms with E-state index in [0.717, 1.165) is 11.1 Å². The van der Waals surface area contributed by atoms with Crippen LogP contribution in [0, 0.1) is 18.3 Å².